The number of hydrogen-bond donors (Lipinski definition) is 0. The van der Waals surface area contributed by atoms with Crippen molar-refractivity contribution in [2.45, 2.75) is 20.4 Å². The molecule has 2 rings (SSSR count). The summed E-state index contributed by atoms with van der Waals surface area (Å²) in [4.78, 5) is 25.1. The van der Waals surface area contributed by atoms with Gasteiger partial charge in [0.05, 0.1) is 22.8 Å². The van der Waals surface area contributed by atoms with Crippen molar-refractivity contribution in [2.24, 2.45) is 0 Å². The van der Waals surface area contributed by atoms with Crippen LogP contribution in [0.2, 0.25) is 10.0 Å². The molecule has 24 heavy (non-hydrogen) atoms. The summed E-state index contributed by atoms with van der Waals surface area (Å²) in [5, 5.41) is 0.732. The predicted octanol–water partition coefficient (Wildman–Crippen LogP) is 4.58. The first-order valence-corrected chi connectivity index (χ1v) is 8.06. The van der Waals surface area contributed by atoms with Gasteiger partial charge >= 0.3 is 5.97 Å². The molecule has 6 heteroatoms. The maximum atomic E-state index is 12.8. The van der Waals surface area contributed by atoms with Crippen molar-refractivity contribution in [2.75, 3.05) is 7.11 Å². The van der Waals surface area contributed by atoms with Crippen LogP contribution in [-0.4, -0.2) is 17.6 Å². The number of rotatable bonds is 4. The summed E-state index contributed by atoms with van der Waals surface area (Å²) in [6, 6.07) is 4.97. The van der Waals surface area contributed by atoms with E-state index >= 15 is 0 Å². The third-order valence-electron chi connectivity index (χ3n) is 3.88. The second-order valence-electron chi connectivity index (χ2n) is 5.12. The number of ether oxygens (including phenoxy) is 1. The third kappa shape index (κ3) is 2.99. The lowest BCUT2D eigenvalue weighted by Crippen LogP contribution is -2.26. The smallest absolute Gasteiger partial charge is 0.344 e. The zero-order valence-corrected chi connectivity index (χ0v) is 15.2. The normalized spacial score (nSPS) is 10.5. The lowest BCUT2D eigenvalue weighted by atomic mass is 10.00. The number of halogens is 2. The lowest BCUT2D eigenvalue weighted by Gasteiger charge is -2.20. The molecule has 4 nitrogen and oxygen atoms in total. The molecule has 1 aromatic heterocycles. The Morgan fingerprint density at radius 3 is 2.50 bits per heavy atom. The Morgan fingerprint density at radius 2 is 2.00 bits per heavy atom. The minimum absolute atomic E-state index is 0.0433. The standard InChI is InChI=1S/C18H17Cl2NO3/c1-5-12-10(3)21(6-2)16(15(17(12)22)18(23)24-4)11-7-8-13(19)14(20)9-11/h5,7-9H,1,6H2,2-4H3. The molecule has 0 aliphatic heterocycles. The summed E-state index contributed by atoms with van der Waals surface area (Å²) >= 11 is 12.1. The van der Waals surface area contributed by atoms with Crippen molar-refractivity contribution in [3.8, 4) is 11.3 Å². The largest absolute Gasteiger partial charge is 0.465 e. The SMILES string of the molecule is C=Cc1c(C)n(CC)c(-c2ccc(Cl)c(Cl)c2)c(C(=O)OC)c1=O. The van der Waals surface area contributed by atoms with Crippen LogP contribution in [0.5, 0.6) is 0 Å². The maximum Gasteiger partial charge on any atom is 0.344 e. The number of pyridine rings is 1. The van der Waals surface area contributed by atoms with Gasteiger partial charge in [-0.25, -0.2) is 4.79 Å². The van der Waals surface area contributed by atoms with Gasteiger partial charge in [-0.3, -0.25) is 4.79 Å². The van der Waals surface area contributed by atoms with E-state index < -0.39 is 11.4 Å². The molecule has 0 saturated carbocycles. The molecule has 0 aliphatic rings. The van der Waals surface area contributed by atoms with E-state index in [1.807, 2.05) is 18.4 Å². The van der Waals surface area contributed by atoms with E-state index in [9.17, 15) is 9.59 Å². The van der Waals surface area contributed by atoms with Crippen molar-refractivity contribution in [1.29, 1.82) is 0 Å². The average Bonchev–Trinajstić information content (AvgIpc) is 2.56. The van der Waals surface area contributed by atoms with E-state index in [0.717, 1.165) is 0 Å². The van der Waals surface area contributed by atoms with Crippen LogP contribution in [0.1, 0.15) is 28.5 Å². The van der Waals surface area contributed by atoms with Crippen LogP contribution in [-0.2, 0) is 11.3 Å². The molecular weight excluding hydrogens is 349 g/mol. The Kier molecular flexibility index (Phi) is 5.52. The van der Waals surface area contributed by atoms with Crippen LogP contribution < -0.4 is 5.43 Å². The number of benzene rings is 1. The summed E-state index contributed by atoms with van der Waals surface area (Å²) in [6.45, 7) is 7.96. The van der Waals surface area contributed by atoms with Gasteiger partial charge in [0.1, 0.15) is 5.56 Å². The van der Waals surface area contributed by atoms with E-state index in [-0.39, 0.29) is 5.56 Å². The third-order valence-corrected chi connectivity index (χ3v) is 4.62. The first-order chi connectivity index (χ1) is 11.4. The van der Waals surface area contributed by atoms with Gasteiger partial charge in [-0.2, -0.15) is 0 Å². The zero-order valence-electron chi connectivity index (χ0n) is 13.7. The first kappa shape index (κ1) is 18.3. The Bertz CT molecular complexity index is 885. The van der Waals surface area contributed by atoms with Crippen LogP contribution >= 0.6 is 23.2 Å². The van der Waals surface area contributed by atoms with Gasteiger partial charge in [-0.05, 0) is 26.0 Å². The monoisotopic (exact) mass is 365 g/mol. The van der Waals surface area contributed by atoms with Crippen molar-refractivity contribution in [3.05, 3.63) is 61.9 Å². The Labute approximate surface area is 150 Å². The molecule has 0 atom stereocenters. The van der Waals surface area contributed by atoms with Gasteiger partial charge in [-0.15, -0.1) is 0 Å². The lowest BCUT2D eigenvalue weighted by molar-refractivity contribution is 0.0599. The van der Waals surface area contributed by atoms with Crippen LogP contribution in [0.15, 0.2) is 29.6 Å². The summed E-state index contributed by atoms with van der Waals surface area (Å²) in [5.41, 5.74) is 1.70. The fourth-order valence-electron chi connectivity index (χ4n) is 2.73. The van der Waals surface area contributed by atoms with Crippen LogP contribution in [0.4, 0.5) is 0 Å². The van der Waals surface area contributed by atoms with Gasteiger partial charge in [0.2, 0.25) is 5.43 Å². The van der Waals surface area contributed by atoms with Crippen LogP contribution in [0.25, 0.3) is 17.3 Å². The molecular formula is C18H17Cl2NO3. The summed E-state index contributed by atoms with van der Waals surface area (Å²) in [6.07, 6.45) is 1.45. The van der Waals surface area contributed by atoms with Crippen LogP contribution in [0.3, 0.4) is 0 Å². The molecule has 0 aliphatic carbocycles. The Balaban J connectivity index is 3.01. The predicted molar refractivity (Wildman–Crippen MR) is 98.0 cm³/mol. The molecule has 0 unspecified atom stereocenters. The minimum Gasteiger partial charge on any atom is -0.465 e. The van der Waals surface area contributed by atoms with Gasteiger partial charge in [0.15, 0.2) is 0 Å². The first-order valence-electron chi connectivity index (χ1n) is 7.30. The second-order valence-corrected chi connectivity index (χ2v) is 5.94. The van der Waals surface area contributed by atoms with E-state index in [1.54, 1.807) is 18.2 Å². The topological polar surface area (TPSA) is 48.3 Å². The molecule has 0 spiro atoms. The number of carbonyl (C=O) groups excluding carboxylic acids is 1. The highest BCUT2D eigenvalue weighted by Gasteiger charge is 2.25. The Hall–Kier alpha value is -2.04. The van der Waals surface area contributed by atoms with Crippen LogP contribution in [0, 0.1) is 6.92 Å². The Morgan fingerprint density at radius 1 is 1.33 bits per heavy atom. The number of hydrogen-bond acceptors (Lipinski definition) is 3. The zero-order chi connectivity index (χ0) is 18.0. The molecule has 0 radical (unpaired) electrons. The fourth-order valence-corrected chi connectivity index (χ4v) is 3.02. The van der Waals surface area contributed by atoms with Gasteiger partial charge < -0.3 is 9.30 Å². The number of carbonyl (C=O) groups is 1. The van der Waals surface area contributed by atoms with Gasteiger partial charge in [0.25, 0.3) is 0 Å². The highest BCUT2D eigenvalue weighted by atomic mass is 35.5. The van der Waals surface area contributed by atoms with E-state index in [1.165, 1.54) is 13.2 Å². The summed E-state index contributed by atoms with van der Waals surface area (Å²) in [7, 11) is 1.24. The molecule has 1 heterocycles. The van der Waals surface area contributed by atoms with Crippen molar-refractivity contribution in [1.82, 2.24) is 4.57 Å². The fraction of sp³-hybridized carbons (Fsp3) is 0.222. The highest BCUT2D eigenvalue weighted by molar-refractivity contribution is 6.42. The summed E-state index contributed by atoms with van der Waals surface area (Å²) < 4.78 is 6.69. The molecule has 0 bridgehead atoms. The van der Waals surface area contributed by atoms with E-state index in [0.29, 0.717) is 39.1 Å². The molecule has 2 aromatic rings. The molecule has 0 amide bonds. The number of aromatic nitrogens is 1. The molecule has 0 N–H and O–H groups in total. The molecule has 0 fully saturated rings. The minimum atomic E-state index is -0.702. The molecule has 1 aromatic carbocycles. The quantitative estimate of drug-likeness (QED) is 0.745. The number of methoxy groups -OCH3 is 1. The van der Waals surface area contributed by atoms with Crippen molar-refractivity contribution in [3.63, 3.8) is 0 Å². The van der Waals surface area contributed by atoms with E-state index in [4.69, 9.17) is 27.9 Å². The summed E-state index contributed by atoms with van der Waals surface area (Å²) in [5.74, 6) is -0.702. The van der Waals surface area contributed by atoms with E-state index in [2.05, 4.69) is 6.58 Å². The molecule has 0 saturated heterocycles. The van der Waals surface area contributed by atoms with Gasteiger partial charge in [0, 0.05) is 23.4 Å². The number of esters is 1. The second kappa shape index (κ2) is 7.24. The maximum absolute atomic E-state index is 12.8. The highest BCUT2D eigenvalue weighted by Crippen LogP contribution is 2.31. The van der Waals surface area contributed by atoms with Crippen molar-refractivity contribution < 1.29 is 9.53 Å². The van der Waals surface area contributed by atoms with Gasteiger partial charge in [-0.1, -0.05) is 41.9 Å². The molecule has 126 valence electrons. The average molecular weight is 366 g/mol. The van der Waals surface area contributed by atoms with Crippen molar-refractivity contribution >= 4 is 35.2 Å². The number of nitrogens with zero attached hydrogens (tertiary/aromatic N) is 1.